The van der Waals surface area contributed by atoms with Gasteiger partial charge in [-0.3, -0.25) is 4.79 Å². The quantitative estimate of drug-likeness (QED) is 0.828. The van der Waals surface area contributed by atoms with Crippen molar-refractivity contribution in [1.82, 2.24) is 0 Å². The van der Waals surface area contributed by atoms with Gasteiger partial charge in [0.05, 0.1) is 18.4 Å². The van der Waals surface area contributed by atoms with E-state index in [4.69, 9.17) is 10.5 Å². The Bertz CT molecular complexity index is 513. The van der Waals surface area contributed by atoms with Crippen molar-refractivity contribution in [1.29, 1.82) is 0 Å². The first-order valence-electron chi connectivity index (χ1n) is 6.26. The molecule has 1 aromatic rings. The van der Waals surface area contributed by atoms with E-state index < -0.39 is 5.97 Å². The minimum absolute atomic E-state index is 0.00574. The molecule has 2 rings (SSSR count). The molecule has 102 valence electrons. The number of nitrogens with zero attached hydrogens (tertiary/aromatic N) is 1. The maximum Gasteiger partial charge on any atom is 0.340 e. The number of anilines is 1. The van der Waals surface area contributed by atoms with E-state index in [1.54, 1.807) is 11.0 Å². The summed E-state index contributed by atoms with van der Waals surface area (Å²) in [5.74, 6) is -0.262. The molecule has 1 atom stereocenters. The number of carbonyl (C=O) groups excluding carboxylic acids is 2. The van der Waals surface area contributed by atoms with Crippen molar-refractivity contribution >= 4 is 17.6 Å². The van der Waals surface area contributed by atoms with Crippen LogP contribution in [0.2, 0.25) is 0 Å². The summed E-state index contributed by atoms with van der Waals surface area (Å²) < 4.78 is 4.80. The largest absolute Gasteiger partial charge is 0.465 e. The van der Waals surface area contributed by atoms with E-state index in [0.717, 1.165) is 5.56 Å². The molecule has 19 heavy (non-hydrogen) atoms. The summed E-state index contributed by atoms with van der Waals surface area (Å²) >= 11 is 0. The van der Waals surface area contributed by atoms with Crippen molar-refractivity contribution < 1.29 is 14.3 Å². The van der Waals surface area contributed by atoms with Gasteiger partial charge in [0.2, 0.25) is 5.91 Å². The van der Waals surface area contributed by atoms with E-state index in [1.807, 2.05) is 19.1 Å². The van der Waals surface area contributed by atoms with Gasteiger partial charge in [0.1, 0.15) is 0 Å². The fourth-order valence-electron chi connectivity index (χ4n) is 2.42. The second-order valence-corrected chi connectivity index (χ2v) is 4.77. The Morgan fingerprint density at radius 1 is 1.53 bits per heavy atom. The predicted octanol–water partition coefficient (Wildman–Crippen LogP) is 1.09. The van der Waals surface area contributed by atoms with Crippen LogP contribution in [-0.2, 0) is 9.53 Å². The monoisotopic (exact) mass is 262 g/mol. The Morgan fingerprint density at radius 3 is 2.84 bits per heavy atom. The molecule has 2 N–H and O–H groups in total. The van der Waals surface area contributed by atoms with Crippen LogP contribution in [0.25, 0.3) is 0 Å². The van der Waals surface area contributed by atoms with Gasteiger partial charge in [-0.2, -0.15) is 0 Å². The van der Waals surface area contributed by atoms with Crippen molar-refractivity contribution in [3.63, 3.8) is 0 Å². The maximum absolute atomic E-state index is 12.0. The van der Waals surface area contributed by atoms with Crippen molar-refractivity contribution in [2.45, 2.75) is 13.3 Å². The van der Waals surface area contributed by atoms with Crippen LogP contribution in [0.3, 0.4) is 0 Å². The van der Waals surface area contributed by atoms with Crippen LogP contribution in [0.1, 0.15) is 22.3 Å². The third kappa shape index (κ3) is 2.46. The molecule has 5 nitrogen and oxygen atoms in total. The number of benzene rings is 1. The number of carbonyl (C=O) groups is 2. The summed E-state index contributed by atoms with van der Waals surface area (Å²) in [5, 5.41) is 0. The lowest BCUT2D eigenvalue weighted by Crippen LogP contribution is -2.28. The van der Waals surface area contributed by atoms with E-state index >= 15 is 0 Å². The second kappa shape index (κ2) is 5.40. The zero-order valence-corrected chi connectivity index (χ0v) is 11.2. The van der Waals surface area contributed by atoms with Gasteiger partial charge < -0.3 is 15.4 Å². The zero-order chi connectivity index (χ0) is 14.0. The molecule has 0 bridgehead atoms. The van der Waals surface area contributed by atoms with Crippen molar-refractivity contribution in [2.24, 2.45) is 11.7 Å². The topological polar surface area (TPSA) is 72.6 Å². The number of nitrogens with two attached hydrogens (primary N) is 1. The molecule has 1 heterocycles. The van der Waals surface area contributed by atoms with Crippen molar-refractivity contribution in [2.75, 3.05) is 25.1 Å². The van der Waals surface area contributed by atoms with Gasteiger partial charge in [-0.25, -0.2) is 4.79 Å². The summed E-state index contributed by atoms with van der Waals surface area (Å²) in [7, 11) is 1.34. The number of aryl methyl sites for hydroxylation is 1. The lowest BCUT2D eigenvalue weighted by Gasteiger charge is -2.20. The highest BCUT2D eigenvalue weighted by molar-refractivity contribution is 6.04. The number of methoxy groups -OCH3 is 1. The highest BCUT2D eigenvalue weighted by Crippen LogP contribution is 2.30. The Kier molecular flexibility index (Phi) is 3.85. The molecule has 1 saturated heterocycles. The average Bonchev–Trinajstić information content (AvgIpc) is 2.79. The molecule has 1 unspecified atom stereocenters. The van der Waals surface area contributed by atoms with Gasteiger partial charge in [-0.15, -0.1) is 0 Å². The number of amides is 1. The third-order valence-electron chi connectivity index (χ3n) is 3.47. The number of hydrogen-bond acceptors (Lipinski definition) is 4. The predicted molar refractivity (Wildman–Crippen MR) is 72.0 cm³/mol. The minimum atomic E-state index is -0.419. The van der Waals surface area contributed by atoms with E-state index in [0.29, 0.717) is 30.8 Å². The van der Waals surface area contributed by atoms with Gasteiger partial charge in [0.25, 0.3) is 0 Å². The maximum atomic E-state index is 12.0. The summed E-state index contributed by atoms with van der Waals surface area (Å²) in [5.41, 5.74) is 7.49. The van der Waals surface area contributed by atoms with Crippen LogP contribution < -0.4 is 10.6 Å². The molecule has 0 radical (unpaired) electrons. The first kappa shape index (κ1) is 13.5. The van der Waals surface area contributed by atoms with Crippen LogP contribution in [0.4, 0.5) is 5.69 Å². The Morgan fingerprint density at radius 2 is 2.26 bits per heavy atom. The fourth-order valence-corrected chi connectivity index (χ4v) is 2.42. The van der Waals surface area contributed by atoms with E-state index in [1.165, 1.54) is 7.11 Å². The molecular weight excluding hydrogens is 244 g/mol. The van der Waals surface area contributed by atoms with Gasteiger partial charge in [0, 0.05) is 13.0 Å². The van der Waals surface area contributed by atoms with Gasteiger partial charge in [-0.1, -0.05) is 12.1 Å². The van der Waals surface area contributed by atoms with Crippen LogP contribution in [0, 0.1) is 12.8 Å². The van der Waals surface area contributed by atoms with E-state index in [9.17, 15) is 9.59 Å². The molecule has 0 aliphatic carbocycles. The molecule has 0 saturated carbocycles. The molecule has 1 aliphatic heterocycles. The average molecular weight is 262 g/mol. The van der Waals surface area contributed by atoms with E-state index in [2.05, 4.69) is 0 Å². The first-order chi connectivity index (χ1) is 9.08. The zero-order valence-electron chi connectivity index (χ0n) is 11.2. The second-order valence-electron chi connectivity index (χ2n) is 4.77. The van der Waals surface area contributed by atoms with Crippen LogP contribution >= 0.6 is 0 Å². The molecular formula is C14H18N2O3. The normalized spacial score (nSPS) is 18.8. The Labute approximate surface area is 112 Å². The van der Waals surface area contributed by atoms with Gasteiger partial charge in [0.15, 0.2) is 0 Å². The van der Waals surface area contributed by atoms with Crippen LogP contribution in [0.15, 0.2) is 18.2 Å². The van der Waals surface area contributed by atoms with E-state index in [-0.39, 0.29) is 11.8 Å². The van der Waals surface area contributed by atoms with Crippen LogP contribution in [0.5, 0.6) is 0 Å². The Balaban J connectivity index is 2.43. The molecule has 1 aromatic carbocycles. The third-order valence-corrected chi connectivity index (χ3v) is 3.47. The van der Waals surface area contributed by atoms with Crippen molar-refractivity contribution in [3.8, 4) is 0 Å². The smallest absolute Gasteiger partial charge is 0.340 e. The van der Waals surface area contributed by atoms with Gasteiger partial charge >= 0.3 is 5.97 Å². The molecule has 1 aliphatic rings. The molecule has 1 fully saturated rings. The SMILES string of the molecule is COC(=O)c1c(C)cccc1N1CC(CN)CC1=O. The number of rotatable bonds is 3. The first-order valence-corrected chi connectivity index (χ1v) is 6.26. The molecule has 0 spiro atoms. The molecule has 5 heteroatoms. The number of hydrogen-bond donors (Lipinski definition) is 1. The Hall–Kier alpha value is -1.88. The highest BCUT2D eigenvalue weighted by atomic mass is 16.5. The number of ether oxygens (including phenoxy) is 1. The highest BCUT2D eigenvalue weighted by Gasteiger charge is 2.32. The van der Waals surface area contributed by atoms with Crippen LogP contribution in [-0.4, -0.2) is 32.1 Å². The van der Waals surface area contributed by atoms with Crippen molar-refractivity contribution in [3.05, 3.63) is 29.3 Å². The minimum Gasteiger partial charge on any atom is -0.465 e. The molecule has 1 amide bonds. The van der Waals surface area contributed by atoms with Gasteiger partial charge in [-0.05, 0) is 31.0 Å². The summed E-state index contributed by atoms with van der Waals surface area (Å²) in [6.45, 7) is 2.86. The summed E-state index contributed by atoms with van der Waals surface area (Å²) in [6.07, 6.45) is 0.436. The fraction of sp³-hybridized carbons (Fsp3) is 0.429. The summed E-state index contributed by atoms with van der Waals surface area (Å²) in [4.78, 5) is 25.6. The number of esters is 1. The lowest BCUT2D eigenvalue weighted by atomic mass is 10.1. The standard InChI is InChI=1S/C14H18N2O3/c1-9-4-3-5-11(13(9)14(18)19-2)16-8-10(7-15)6-12(16)17/h3-5,10H,6-8,15H2,1-2H3. The molecule has 0 aromatic heterocycles. The summed E-state index contributed by atoms with van der Waals surface area (Å²) in [6, 6.07) is 5.44. The lowest BCUT2D eigenvalue weighted by molar-refractivity contribution is -0.117.